The van der Waals surface area contributed by atoms with Crippen molar-refractivity contribution in [3.05, 3.63) is 10.1 Å². The Bertz CT molecular complexity index is 215. The van der Waals surface area contributed by atoms with Crippen molar-refractivity contribution in [2.75, 3.05) is 0 Å². The van der Waals surface area contributed by atoms with Gasteiger partial charge in [-0.05, 0) is 18.8 Å². The molecule has 0 aromatic rings. The van der Waals surface area contributed by atoms with Crippen LogP contribution >= 0.6 is 0 Å². The van der Waals surface area contributed by atoms with Crippen molar-refractivity contribution in [2.24, 2.45) is 5.92 Å². The number of nitrogens with zero attached hydrogens (tertiary/aromatic N) is 1. The average Bonchev–Trinajstić information content (AvgIpc) is 2.09. The summed E-state index contributed by atoms with van der Waals surface area (Å²) in [6.07, 6.45) is 2.14. The highest BCUT2D eigenvalue weighted by Gasteiger charge is 2.19. The predicted molar refractivity (Wildman–Crippen MR) is 56.3 cm³/mol. The van der Waals surface area contributed by atoms with Crippen molar-refractivity contribution < 1.29 is 14.8 Å². The first-order valence-electron chi connectivity index (χ1n) is 5.28. The number of rotatable bonds is 8. The van der Waals surface area contributed by atoms with Crippen LogP contribution in [0.3, 0.4) is 0 Å². The third-order valence-electron chi connectivity index (χ3n) is 2.30. The highest BCUT2D eigenvalue weighted by Crippen LogP contribution is 2.14. The molecule has 0 bridgehead atoms. The van der Waals surface area contributed by atoms with Crippen LogP contribution in [0.5, 0.6) is 0 Å². The highest BCUT2D eigenvalue weighted by atomic mass is 16.6. The van der Waals surface area contributed by atoms with Crippen molar-refractivity contribution in [3.63, 3.8) is 0 Å². The Kier molecular flexibility index (Phi) is 6.66. The lowest BCUT2D eigenvalue weighted by atomic mass is 10.00. The molecular weight excluding hydrogens is 198 g/mol. The molecule has 0 rings (SSSR count). The Morgan fingerprint density at radius 3 is 2.33 bits per heavy atom. The standard InChI is InChI=1S/C10H19NO4/c1-8(2)6-7-9(11(14)15)4-3-5-10(12)13/h8-9H,3-7H2,1-2H3,(H,12,13). The lowest BCUT2D eigenvalue weighted by molar-refractivity contribution is -0.524. The molecule has 0 radical (unpaired) electrons. The van der Waals surface area contributed by atoms with E-state index < -0.39 is 12.0 Å². The van der Waals surface area contributed by atoms with Gasteiger partial charge in [0.25, 0.3) is 0 Å². The molecule has 88 valence electrons. The number of hydrogen-bond donors (Lipinski definition) is 1. The van der Waals surface area contributed by atoms with Gasteiger partial charge in [0.2, 0.25) is 6.04 Å². The normalized spacial score (nSPS) is 12.7. The van der Waals surface area contributed by atoms with E-state index in [1.165, 1.54) is 0 Å². The summed E-state index contributed by atoms with van der Waals surface area (Å²) < 4.78 is 0. The van der Waals surface area contributed by atoms with E-state index in [1.54, 1.807) is 0 Å². The maximum atomic E-state index is 10.6. The lowest BCUT2D eigenvalue weighted by Gasteiger charge is -2.10. The number of hydrogen-bond acceptors (Lipinski definition) is 3. The molecule has 5 nitrogen and oxygen atoms in total. The first-order chi connectivity index (χ1) is 6.93. The van der Waals surface area contributed by atoms with E-state index in [1.807, 2.05) is 13.8 Å². The smallest absolute Gasteiger partial charge is 0.303 e. The number of aliphatic carboxylic acids is 1. The van der Waals surface area contributed by atoms with Gasteiger partial charge in [-0.15, -0.1) is 0 Å². The van der Waals surface area contributed by atoms with Gasteiger partial charge in [0.05, 0.1) is 0 Å². The number of carboxylic acids is 1. The molecule has 5 heteroatoms. The molecule has 0 saturated heterocycles. The minimum absolute atomic E-state index is 0.0199. The molecule has 0 aliphatic heterocycles. The lowest BCUT2D eigenvalue weighted by Crippen LogP contribution is -2.20. The van der Waals surface area contributed by atoms with Gasteiger partial charge in [0.1, 0.15) is 0 Å². The second kappa shape index (κ2) is 7.20. The largest absolute Gasteiger partial charge is 0.481 e. The molecule has 0 aliphatic rings. The van der Waals surface area contributed by atoms with Gasteiger partial charge in [0, 0.05) is 24.2 Å². The van der Waals surface area contributed by atoms with Crippen LogP contribution in [0.15, 0.2) is 0 Å². The molecule has 0 spiro atoms. The Morgan fingerprint density at radius 2 is 1.93 bits per heavy atom. The fraction of sp³-hybridized carbons (Fsp3) is 0.900. The fourth-order valence-corrected chi connectivity index (χ4v) is 1.37. The van der Waals surface area contributed by atoms with Gasteiger partial charge in [0.15, 0.2) is 0 Å². The highest BCUT2D eigenvalue weighted by molar-refractivity contribution is 5.66. The van der Waals surface area contributed by atoms with Crippen molar-refractivity contribution in [2.45, 2.75) is 52.0 Å². The molecule has 0 aromatic carbocycles. The molecule has 0 heterocycles. The van der Waals surface area contributed by atoms with Crippen LogP contribution < -0.4 is 0 Å². The van der Waals surface area contributed by atoms with Crippen LogP contribution in [-0.4, -0.2) is 22.0 Å². The topological polar surface area (TPSA) is 80.4 Å². The third-order valence-corrected chi connectivity index (χ3v) is 2.30. The molecule has 1 unspecified atom stereocenters. The SMILES string of the molecule is CC(C)CCC(CCCC(=O)O)[N+](=O)[O-]. The summed E-state index contributed by atoms with van der Waals surface area (Å²) in [4.78, 5) is 20.6. The van der Waals surface area contributed by atoms with E-state index >= 15 is 0 Å². The van der Waals surface area contributed by atoms with Crippen LogP contribution in [0.25, 0.3) is 0 Å². The van der Waals surface area contributed by atoms with Gasteiger partial charge in [-0.2, -0.15) is 0 Å². The summed E-state index contributed by atoms with van der Waals surface area (Å²) in [5.41, 5.74) is 0. The van der Waals surface area contributed by atoms with E-state index in [9.17, 15) is 14.9 Å². The molecule has 0 aromatic heterocycles. The first kappa shape index (κ1) is 13.9. The van der Waals surface area contributed by atoms with Crippen molar-refractivity contribution in [3.8, 4) is 0 Å². The van der Waals surface area contributed by atoms with Gasteiger partial charge < -0.3 is 5.11 Å². The summed E-state index contributed by atoms with van der Waals surface area (Å²) in [5.74, 6) is -0.437. The van der Waals surface area contributed by atoms with Gasteiger partial charge in [-0.1, -0.05) is 13.8 Å². The second-order valence-electron chi connectivity index (χ2n) is 4.20. The van der Waals surface area contributed by atoms with Crippen molar-refractivity contribution in [1.82, 2.24) is 0 Å². The minimum Gasteiger partial charge on any atom is -0.481 e. The van der Waals surface area contributed by atoms with Crippen LogP contribution in [-0.2, 0) is 4.79 Å². The maximum absolute atomic E-state index is 10.6. The monoisotopic (exact) mass is 217 g/mol. The molecule has 0 aliphatic carbocycles. The summed E-state index contributed by atoms with van der Waals surface area (Å²) in [7, 11) is 0. The Labute approximate surface area is 89.6 Å². The quantitative estimate of drug-likeness (QED) is 0.499. The van der Waals surface area contributed by atoms with E-state index in [0.29, 0.717) is 25.2 Å². The second-order valence-corrected chi connectivity index (χ2v) is 4.20. The Hall–Kier alpha value is -1.13. The van der Waals surface area contributed by atoms with Crippen LogP contribution in [0.2, 0.25) is 0 Å². The maximum Gasteiger partial charge on any atom is 0.303 e. The Balaban J connectivity index is 3.83. The predicted octanol–water partition coefficient (Wildman–Crippen LogP) is 2.32. The zero-order valence-corrected chi connectivity index (χ0v) is 9.31. The number of carbonyl (C=O) groups is 1. The fourth-order valence-electron chi connectivity index (χ4n) is 1.37. The van der Waals surface area contributed by atoms with Crippen LogP contribution in [0.1, 0.15) is 46.0 Å². The van der Waals surface area contributed by atoms with Gasteiger partial charge in [-0.3, -0.25) is 14.9 Å². The van der Waals surface area contributed by atoms with E-state index in [2.05, 4.69) is 0 Å². The van der Waals surface area contributed by atoms with E-state index in [-0.39, 0.29) is 11.3 Å². The third kappa shape index (κ3) is 7.90. The molecule has 0 fully saturated rings. The van der Waals surface area contributed by atoms with Crippen LogP contribution in [0.4, 0.5) is 0 Å². The average molecular weight is 217 g/mol. The van der Waals surface area contributed by atoms with Crippen LogP contribution in [0, 0.1) is 16.0 Å². The molecule has 1 N–H and O–H groups in total. The minimum atomic E-state index is -0.888. The number of carboxylic acid groups (broad SMARTS) is 1. The summed E-state index contributed by atoms with van der Waals surface area (Å²) in [5, 5.41) is 19.1. The first-order valence-corrected chi connectivity index (χ1v) is 5.28. The summed E-state index contributed by atoms with van der Waals surface area (Å²) in [6, 6.07) is -0.577. The molecular formula is C10H19NO4. The van der Waals surface area contributed by atoms with Gasteiger partial charge >= 0.3 is 5.97 Å². The molecule has 0 saturated carbocycles. The summed E-state index contributed by atoms with van der Waals surface area (Å²) >= 11 is 0. The molecule has 0 amide bonds. The Morgan fingerprint density at radius 1 is 1.33 bits per heavy atom. The number of nitro groups is 1. The van der Waals surface area contributed by atoms with Crippen molar-refractivity contribution >= 4 is 5.97 Å². The molecule has 1 atom stereocenters. The zero-order chi connectivity index (χ0) is 11.8. The molecule has 15 heavy (non-hydrogen) atoms. The summed E-state index contributed by atoms with van der Waals surface area (Å²) in [6.45, 7) is 4.04. The van der Waals surface area contributed by atoms with Gasteiger partial charge in [-0.25, -0.2) is 0 Å². The van der Waals surface area contributed by atoms with Crippen molar-refractivity contribution in [1.29, 1.82) is 0 Å². The zero-order valence-electron chi connectivity index (χ0n) is 9.31. The van der Waals surface area contributed by atoms with E-state index in [0.717, 1.165) is 6.42 Å². The van der Waals surface area contributed by atoms with E-state index in [4.69, 9.17) is 5.11 Å².